The molecule has 2 aromatic carbocycles. The molecule has 3 heterocycles. The molecule has 0 aliphatic carbocycles. The molecule has 2 aliphatic heterocycles. The predicted octanol–water partition coefficient (Wildman–Crippen LogP) is 3.28. The Morgan fingerprint density at radius 3 is 2.10 bits per heavy atom. The monoisotopic (exact) mass is 542 g/mol. The number of ether oxygens (including phenoxy) is 4. The van der Waals surface area contributed by atoms with Crippen molar-refractivity contribution in [3.8, 4) is 46.3 Å². The molecule has 208 valence electrons. The van der Waals surface area contributed by atoms with E-state index in [1.807, 2.05) is 24.3 Å². The maximum absolute atomic E-state index is 13.2. The fourth-order valence-corrected chi connectivity index (χ4v) is 4.46. The van der Waals surface area contributed by atoms with Crippen molar-refractivity contribution in [2.45, 2.75) is 6.42 Å². The van der Waals surface area contributed by atoms with E-state index in [2.05, 4.69) is 33.5 Å². The van der Waals surface area contributed by atoms with Gasteiger partial charge in [-0.2, -0.15) is 0 Å². The zero-order valence-electron chi connectivity index (χ0n) is 22.7. The topological polar surface area (TPSA) is 73.6 Å². The summed E-state index contributed by atoms with van der Waals surface area (Å²) in [7, 11) is 0. The van der Waals surface area contributed by atoms with Gasteiger partial charge in [-0.05, 0) is 29.8 Å². The predicted molar refractivity (Wildman–Crippen MR) is 154 cm³/mol. The molecule has 2 aliphatic rings. The lowest BCUT2D eigenvalue weighted by Crippen LogP contribution is -2.36. The summed E-state index contributed by atoms with van der Waals surface area (Å²) in [6, 6.07) is 12.7. The molecule has 0 saturated carbocycles. The van der Waals surface area contributed by atoms with Gasteiger partial charge in [0.05, 0.1) is 57.1 Å². The highest BCUT2D eigenvalue weighted by molar-refractivity contribution is 5.82. The molecule has 2 saturated heterocycles. The highest BCUT2D eigenvalue weighted by atomic mass is 16.5. The molecule has 1 aromatic heterocycles. The average Bonchev–Trinajstić information content (AvgIpc) is 3.00. The Hall–Kier alpha value is -3.79. The van der Waals surface area contributed by atoms with Gasteiger partial charge < -0.3 is 23.4 Å². The first kappa shape index (κ1) is 27.8. The minimum absolute atomic E-state index is 0.0951. The molecule has 0 N–H and O–H groups in total. The summed E-state index contributed by atoms with van der Waals surface area (Å²) in [6.45, 7) is 9.03. The number of nitrogens with zero attached hydrogens (tertiary/aromatic N) is 2. The van der Waals surface area contributed by atoms with Gasteiger partial charge in [0.15, 0.2) is 5.43 Å². The molecule has 5 rings (SSSR count). The van der Waals surface area contributed by atoms with Gasteiger partial charge in [-0.15, -0.1) is 0 Å². The average molecular weight is 543 g/mol. The second-order valence-electron chi connectivity index (χ2n) is 9.53. The summed E-state index contributed by atoms with van der Waals surface area (Å²) < 4.78 is 28.1. The first-order chi connectivity index (χ1) is 19.8. The van der Waals surface area contributed by atoms with Crippen molar-refractivity contribution in [3.05, 3.63) is 59.0 Å². The maximum Gasteiger partial charge on any atom is 0.200 e. The highest BCUT2D eigenvalue weighted by Crippen LogP contribution is 2.24. The molecule has 8 heteroatoms. The number of benzene rings is 2. The normalized spacial score (nSPS) is 16.0. The maximum atomic E-state index is 13.2. The number of fused-ring (bicyclic) bond motifs is 1. The summed E-state index contributed by atoms with van der Waals surface area (Å²) in [5, 5.41) is 0.499. The second-order valence-corrected chi connectivity index (χ2v) is 9.53. The van der Waals surface area contributed by atoms with Crippen molar-refractivity contribution in [2.75, 3.05) is 78.9 Å². The Labute approximate surface area is 234 Å². The Bertz CT molecular complexity index is 1430. The fraction of sp³-hybridized carbons (Fsp3) is 0.406. The zero-order chi connectivity index (χ0) is 27.4. The number of hydrogen-bond donors (Lipinski definition) is 0. The first-order valence-electron chi connectivity index (χ1n) is 13.7. The third-order valence-corrected chi connectivity index (χ3v) is 6.78. The van der Waals surface area contributed by atoms with Crippen molar-refractivity contribution in [2.24, 2.45) is 0 Å². The third kappa shape index (κ3) is 7.88. The van der Waals surface area contributed by atoms with E-state index in [1.54, 1.807) is 18.2 Å². The quantitative estimate of drug-likeness (QED) is 0.317. The van der Waals surface area contributed by atoms with Gasteiger partial charge in [0.2, 0.25) is 0 Å². The molecule has 40 heavy (non-hydrogen) atoms. The van der Waals surface area contributed by atoms with Crippen LogP contribution in [-0.4, -0.2) is 88.7 Å². The van der Waals surface area contributed by atoms with E-state index in [0.717, 1.165) is 70.5 Å². The van der Waals surface area contributed by atoms with Gasteiger partial charge in [-0.3, -0.25) is 14.6 Å². The molecule has 0 radical (unpaired) electrons. The van der Waals surface area contributed by atoms with E-state index in [4.69, 9.17) is 23.4 Å². The van der Waals surface area contributed by atoms with E-state index in [0.29, 0.717) is 41.9 Å². The van der Waals surface area contributed by atoms with E-state index >= 15 is 0 Å². The Morgan fingerprint density at radius 1 is 0.750 bits per heavy atom. The first-order valence-corrected chi connectivity index (χ1v) is 13.7. The molecule has 0 unspecified atom stereocenters. The lowest BCUT2D eigenvalue weighted by Gasteiger charge is -2.24. The fourth-order valence-electron chi connectivity index (χ4n) is 4.46. The SMILES string of the molecule is O=c1c(-c2ccc(OCCC#CCN3CCOCC3)cc2)coc2cc(OCC#CCN3CCOCC3)ccc12. The van der Waals surface area contributed by atoms with Gasteiger partial charge in [-0.25, -0.2) is 0 Å². The molecule has 8 nitrogen and oxygen atoms in total. The molecule has 0 atom stereocenters. The number of hydrogen-bond acceptors (Lipinski definition) is 8. The van der Waals surface area contributed by atoms with E-state index in [-0.39, 0.29) is 12.0 Å². The van der Waals surface area contributed by atoms with Gasteiger partial charge in [0, 0.05) is 38.7 Å². The van der Waals surface area contributed by atoms with Crippen molar-refractivity contribution in [3.63, 3.8) is 0 Å². The largest absolute Gasteiger partial charge is 0.493 e. The number of rotatable bonds is 8. The molecule has 0 bridgehead atoms. The van der Waals surface area contributed by atoms with Crippen LogP contribution < -0.4 is 14.9 Å². The molecule has 0 spiro atoms. The van der Waals surface area contributed by atoms with Crippen LogP contribution in [0.25, 0.3) is 22.1 Å². The van der Waals surface area contributed by atoms with E-state index in [9.17, 15) is 4.79 Å². The Morgan fingerprint density at radius 2 is 1.40 bits per heavy atom. The summed E-state index contributed by atoms with van der Waals surface area (Å²) in [6.07, 6.45) is 2.16. The van der Waals surface area contributed by atoms with Crippen LogP contribution in [0.5, 0.6) is 11.5 Å². The minimum atomic E-state index is -0.0951. The lowest BCUT2D eigenvalue weighted by molar-refractivity contribution is 0.0443. The van der Waals surface area contributed by atoms with Crippen LogP contribution >= 0.6 is 0 Å². The van der Waals surface area contributed by atoms with Crippen LogP contribution in [0.3, 0.4) is 0 Å². The Kier molecular flexibility index (Phi) is 10.1. The third-order valence-electron chi connectivity index (χ3n) is 6.78. The summed E-state index contributed by atoms with van der Waals surface area (Å²) >= 11 is 0. The molecule has 3 aromatic rings. The minimum Gasteiger partial charge on any atom is -0.493 e. The van der Waals surface area contributed by atoms with Gasteiger partial charge in [0.25, 0.3) is 0 Å². The smallest absolute Gasteiger partial charge is 0.200 e. The second kappa shape index (κ2) is 14.6. The van der Waals surface area contributed by atoms with E-state index < -0.39 is 0 Å². The number of morpholine rings is 2. The van der Waals surface area contributed by atoms with Crippen LogP contribution in [0.2, 0.25) is 0 Å². The standard InChI is InChI=1S/C32H34N2O6/c35-32-29-11-10-28(39-19-5-3-13-34-16-22-37-23-17-34)24-31(29)40-25-30(32)26-6-8-27(9-7-26)38-18-4-1-2-12-33-14-20-36-21-15-33/h6-11,24-25H,4,12-23H2. The van der Waals surface area contributed by atoms with Crippen molar-refractivity contribution in [1.29, 1.82) is 0 Å². The molecule has 0 amide bonds. The van der Waals surface area contributed by atoms with E-state index in [1.165, 1.54) is 6.26 Å². The molecule has 2 fully saturated rings. The zero-order valence-corrected chi connectivity index (χ0v) is 22.7. The Balaban J connectivity index is 1.11. The summed E-state index contributed by atoms with van der Waals surface area (Å²) in [5.41, 5.74) is 1.64. The van der Waals surface area contributed by atoms with Gasteiger partial charge in [0.1, 0.15) is 30.0 Å². The van der Waals surface area contributed by atoms with Crippen LogP contribution in [0, 0.1) is 23.7 Å². The van der Waals surface area contributed by atoms with Crippen molar-refractivity contribution >= 4 is 11.0 Å². The van der Waals surface area contributed by atoms with Crippen molar-refractivity contribution < 1.29 is 23.4 Å². The van der Waals surface area contributed by atoms with Crippen LogP contribution in [0.15, 0.2) is 57.9 Å². The summed E-state index contributed by atoms with van der Waals surface area (Å²) in [4.78, 5) is 17.7. The molecular weight excluding hydrogens is 508 g/mol. The van der Waals surface area contributed by atoms with Crippen LogP contribution in [-0.2, 0) is 9.47 Å². The van der Waals surface area contributed by atoms with Crippen LogP contribution in [0.1, 0.15) is 6.42 Å². The molecular formula is C32H34N2O6. The summed E-state index contributed by atoms with van der Waals surface area (Å²) in [5.74, 6) is 13.9. The highest BCUT2D eigenvalue weighted by Gasteiger charge is 2.11. The van der Waals surface area contributed by atoms with Crippen LogP contribution in [0.4, 0.5) is 0 Å². The van der Waals surface area contributed by atoms with Crippen molar-refractivity contribution in [1.82, 2.24) is 9.80 Å². The van der Waals surface area contributed by atoms with Gasteiger partial charge in [-0.1, -0.05) is 35.8 Å². The van der Waals surface area contributed by atoms with Gasteiger partial charge >= 0.3 is 0 Å². The lowest BCUT2D eigenvalue weighted by atomic mass is 10.1.